The third-order valence-electron chi connectivity index (χ3n) is 5.42. The molecule has 3 atom stereocenters. The van der Waals surface area contributed by atoms with E-state index in [1.165, 1.54) is 24.4 Å². The van der Waals surface area contributed by atoms with Crippen molar-refractivity contribution in [1.82, 2.24) is 10.3 Å². The summed E-state index contributed by atoms with van der Waals surface area (Å²) in [4.78, 5) is 16.4. The Bertz CT molecular complexity index is 1210. The number of halogens is 4. The van der Waals surface area contributed by atoms with Crippen LogP contribution in [-0.2, 0) is 0 Å². The molecule has 0 bridgehead atoms. The molecule has 1 aliphatic heterocycles. The third-order valence-corrected chi connectivity index (χ3v) is 5.42. The van der Waals surface area contributed by atoms with E-state index in [9.17, 15) is 22.4 Å². The number of nitrogens with one attached hydrogen (secondary N) is 2. The van der Waals surface area contributed by atoms with Gasteiger partial charge in [0.15, 0.2) is 23.2 Å². The van der Waals surface area contributed by atoms with Crippen LogP contribution in [0.4, 0.5) is 28.2 Å². The number of nitrogens with zero attached hydrogens (tertiary/aromatic N) is 1. The molecular weight excluding hydrogens is 430 g/mol. The standard InChI is InChI=1S/C22H15F4N3O3/c23-13-3-1-10(7-16(13)26)32-11-2-6-17(27-8-11)28-22(30)29-20-12-9-31-21-15(25)5-4-14(24)19(21)18(12)20/h1-8,12,18,20H,9H2,(H2,27,28,29,30)/t12-,18-,20-/m1/s1. The molecule has 0 unspecified atom stereocenters. The van der Waals surface area contributed by atoms with Crippen molar-refractivity contribution >= 4 is 11.8 Å². The molecule has 32 heavy (non-hydrogen) atoms. The van der Waals surface area contributed by atoms with E-state index >= 15 is 0 Å². The molecule has 2 heterocycles. The summed E-state index contributed by atoms with van der Waals surface area (Å²) in [7, 11) is 0. The van der Waals surface area contributed by atoms with Crippen LogP contribution in [0, 0.1) is 29.2 Å². The highest BCUT2D eigenvalue weighted by Gasteiger charge is 2.57. The largest absolute Gasteiger partial charge is 0.490 e. The molecule has 0 radical (unpaired) electrons. The van der Waals surface area contributed by atoms with Crippen molar-refractivity contribution in [3.63, 3.8) is 0 Å². The number of fused-ring (bicyclic) bond motifs is 3. The van der Waals surface area contributed by atoms with E-state index in [4.69, 9.17) is 9.47 Å². The number of benzene rings is 2. The monoisotopic (exact) mass is 445 g/mol. The van der Waals surface area contributed by atoms with E-state index < -0.39 is 35.3 Å². The Hall–Kier alpha value is -3.82. The predicted molar refractivity (Wildman–Crippen MR) is 105 cm³/mol. The van der Waals surface area contributed by atoms with Crippen LogP contribution in [0.25, 0.3) is 0 Å². The van der Waals surface area contributed by atoms with Crippen LogP contribution in [-0.4, -0.2) is 23.7 Å². The number of hydrogen-bond acceptors (Lipinski definition) is 4. The molecular formula is C22H15F4N3O3. The van der Waals surface area contributed by atoms with Crippen molar-refractivity contribution < 1.29 is 31.8 Å². The summed E-state index contributed by atoms with van der Waals surface area (Å²) in [5, 5.41) is 5.28. The van der Waals surface area contributed by atoms with Crippen LogP contribution < -0.4 is 20.1 Å². The lowest BCUT2D eigenvalue weighted by Gasteiger charge is -2.16. The molecule has 2 aliphatic rings. The molecule has 2 N–H and O–H groups in total. The average Bonchev–Trinajstić information content (AvgIpc) is 3.47. The van der Waals surface area contributed by atoms with Crippen molar-refractivity contribution in [2.24, 2.45) is 5.92 Å². The van der Waals surface area contributed by atoms with Crippen molar-refractivity contribution in [3.8, 4) is 17.2 Å². The maximum absolute atomic E-state index is 14.2. The van der Waals surface area contributed by atoms with E-state index in [2.05, 4.69) is 15.6 Å². The molecule has 1 aliphatic carbocycles. The van der Waals surface area contributed by atoms with Crippen molar-refractivity contribution in [2.75, 3.05) is 11.9 Å². The molecule has 10 heteroatoms. The fraction of sp³-hybridized carbons (Fsp3) is 0.182. The Morgan fingerprint density at radius 2 is 1.72 bits per heavy atom. The molecule has 6 nitrogen and oxygen atoms in total. The first-order valence-corrected chi connectivity index (χ1v) is 9.68. The highest BCUT2D eigenvalue weighted by atomic mass is 19.2. The van der Waals surface area contributed by atoms with E-state index in [1.54, 1.807) is 0 Å². The number of pyridine rings is 1. The van der Waals surface area contributed by atoms with Crippen LogP contribution in [0.1, 0.15) is 11.5 Å². The van der Waals surface area contributed by atoms with Gasteiger partial charge in [0.05, 0.1) is 12.8 Å². The molecule has 2 amide bonds. The second-order valence-corrected chi connectivity index (χ2v) is 7.45. The maximum atomic E-state index is 14.2. The SMILES string of the molecule is O=C(Nc1ccc(Oc2ccc(F)c(F)c2)cn1)N[C@@H]1[C@@H]2COc3c(F)ccc(F)c3[C@@H]21. The summed E-state index contributed by atoms with van der Waals surface area (Å²) in [6.45, 7) is 0.178. The molecule has 5 rings (SSSR count). The number of carbonyl (C=O) groups excluding carboxylic acids is 1. The van der Waals surface area contributed by atoms with Gasteiger partial charge in [0.2, 0.25) is 0 Å². The minimum Gasteiger partial charge on any atom is -0.490 e. The van der Waals surface area contributed by atoms with Gasteiger partial charge < -0.3 is 14.8 Å². The fourth-order valence-electron chi connectivity index (χ4n) is 3.85. The Kier molecular flexibility index (Phi) is 4.84. The average molecular weight is 445 g/mol. The molecule has 1 aromatic heterocycles. The number of aromatic nitrogens is 1. The predicted octanol–water partition coefficient (Wildman–Crippen LogP) is 4.73. The highest BCUT2D eigenvalue weighted by Crippen LogP contribution is 2.55. The molecule has 3 aromatic rings. The van der Waals surface area contributed by atoms with Gasteiger partial charge in [0, 0.05) is 29.5 Å². The van der Waals surface area contributed by atoms with Gasteiger partial charge in [0.25, 0.3) is 0 Å². The number of carbonyl (C=O) groups is 1. The number of rotatable bonds is 4. The minimum atomic E-state index is -1.04. The smallest absolute Gasteiger partial charge is 0.320 e. The van der Waals surface area contributed by atoms with Gasteiger partial charge >= 0.3 is 6.03 Å². The summed E-state index contributed by atoms with van der Waals surface area (Å²) in [5.41, 5.74) is 0.142. The summed E-state index contributed by atoms with van der Waals surface area (Å²) in [6.07, 6.45) is 1.30. The van der Waals surface area contributed by atoms with E-state index in [1.807, 2.05) is 0 Å². The Morgan fingerprint density at radius 1 is 0.969 bits per heavy atom. The number of ether oxygens (including phenoxy) is 2. The zero-order chi connectivity index (χ0) is 22.4. The lowest BCUT2D eigenvalue weighted by atomic mass is 10.0. The van der Waals surface area contributed by atoms with Gasteiger partial charge in [-0.1, -0.05) is 0 Å². The van der Waals surface area contributed by atoms with Gasteiger partial charge in [-0.25, -0.2) is 27.3 Å². The van der Waals surface area contributed by atoms with Crippen LogP contribution in [0.3, 0.4) is 0 Å². The van der Waals surface area contributed by atoms with Crippen LogP contribution >= 0.6 is 0 Å². The molecule has 0 spiro atoms. The molecule has 1 fully saturated rings. The molecule has 0 saturated heterocycles. The van der Waals surface area contributed by atoms with Crippen LogP contribution in [0.5, 0.6) is 17.2 Å². The quantitative estimate of drug-likeness (QED) is 0.570. The molecule has 2 aromatic carbocycles. The Labute approximate surface area is 179 Å². The minimum absolute atomic E-state index is 0.0895. The first-order chi connectivity index (χ1) is 15.4. The van der Waals surface area contributed by atoms with E-state index in [0.29, 0.717) is 0 Å². The van der Waals surface area contributed by atoms with Gasteiger partial charge in [-0.2, -0.15) is 0 Å². The first-order valence-electron chi connectivity index (χ1n) is 9.68. The first kappa shape index (κ1) is 20.1. The Balaban J connectivity index is 1.20. The van der Waals surface area contributed by atoms with E-state index in [0.717, 1.165) is 24.3 Å². The van der Waals surface area contributed by atoms with Gasteiger partial charge in [-0.15, -0.1) is 0 Å². The fourth-order valence-corrected chi connectivity index (χ4v) is 3.85. The van der Waals surface area contributed by atoms with Gasteiger partial charge in [0.1, 0.15) is 23.1 Å². The topological polar surface area (TPSA) is 72.5 Å². The number of amides is 2. The second kappa shape index (κ2) is 7.70. The summed E-state index contributed by atoms with van der Waals surface area (Å²) in [5.74, 6) is -3.30. The summed E-state index contributed by atoms with van der Waals surface area (Å²) < 4.78 is 65.0. The van der Waals surface area contributed by atoms with E-state index in [-0.39, 0.29) is 47.1 Å². The number of hydrogen-bond donors (Lipinski definition) is 2. The molecule has 164 valence electrons. The maximum Gasteiger partial charge on any atom is 0.320 e. The van der Waals surface area contributed by atoms with Crippen LogP contribution in [0.2, 0.25) is 0 Å². The lowest BCUT2D eigenvalue weighted by molar-refractivity contribution is 0.247. The highest BCUT2D eigenvalue weighted by molar-refractivity contribution is 5.89. The van der Waals surface area contributed by atoms with Crippen molar-refractivity contribution in [2.45, 2.75) is 12.0 Å². The zero-order valence-corrected chi connectivity index (χ0v) is 16.2. The van der Waals surface area contributed by atoms with Crippen LogP contribution in [0.15, 0.2) is 48.7 Å². The Morgan fingerprint density at radius 3 is 2.47 bits per heavy atom. The third kappa shape index (κ3) is 3.68. The second-order valence-electron chi connectivity index (χ2n) is 7.45. The summed E-state index contributed by atoms with van der Waals surface area (Å²) in [6, 6.07) is 7.15. The molecule has 1 saturated carbocycles. The number of anilines is 1. The zero-order valence-electron chi connectivity index (χ0n) is 16.2. The lowest BCUT2D eigenvalue weighted by Crippen LogP contribution is -2.32. The van der Waals surface area contributed by atoms with Crippen molar-refractivity contribution in [3.05, 3.63) is 77.5 Å². The summed E-state index contributed by atoms with van der Waals surface area (Å²) >= 11 is 0. The van der Waals surface area contributed by atoms with Gasteiger partial charge in [-0.3, -0.25) is 5.32 Å². The number of urea groups is 1. The van der Waals surface area contributed by atoms with Crippen molar-refractivity contribution in [1.29, 1.82) is 0 Å². The van der Waals surface area contributed by atoms with Gasteiger partial charge in [-0.05, 0) is 36.4 Å². The normalized spacial score (nSPS) is 20.4.